The zero-order valence-electron chi connectivity index (χ0n) is 7.29. The van der Waals surface area contributed by atoms with Crippen LogP contribution in [-0.2, 0) is 14.3 Å². The molecule has 1 amide bonds. The summed E-state index contributed by atoms with van der Waals surface area (Å²) in [6.07, 6.45) is 1.11. The monoisotopic (exact) mass is 171 g/mol. The maximum Gasteiger partial charge on any atom is 0.329 e. The quantitative estimate of drug-likeness (QED) is 0.482. The summed E-state index contributed by atoms with van der Waals surface area (Å²) >= 11 is 0. The Bertz CT molecular complexity index is 182. The molecule has 4 nitrogen and oxygen atoms in total. The van der Waals surface area contributed by atoms with E-state index in [1.54, 1.807) is 6.92 Å². The normalized spacial score (nSPS) is 7.17. The molecule has 0 aliphatic carbocycles. The van der Waals surface area contributed by atoms with Gasteiger partial charge in [-0.3, -0.25) is 4.79 Å². The largest absolute Gasteiger partial charge is 0.466 e. The number of hydrogen-bond donors (Lipinski definition) is 1. The van der Waals surface area contributed by atoms with E-state index in [4.69, 9.17) is 5.73 Å². The number of carbonyl (C=O) groups excluding carboxylic acids is 2. The molecule has 0 rings (SSSR count). The van der Waals surface area contributed by atoms with Crippen LogP contribution in [0.25, 0.3) is 0 Å². The van der Waals surface area contributed by atoms with Crippen LogP contribution in [-0.4, -0.2) is 19.0 Å². The molecule has 0 saturated carbocycles. The van der Waals surface area contributed by atoms with Crippen molar-refractivity contribution in [2.45, 2.75) is 6.92 Å². The number of ether oxygens (including phenoxy) is 1. The number of primary amides is 1. The molecule has 0 fully saturated rings. The average Bonchev–Trinajstić information content (AvgIpc) is 2.04. The Balaban J connectivity index is 0. The van der Waals surface area contributed by atoms with Gasteiger partial charge in [-0.05, 0) is 6.92 Å². The Morgan fingerprint density at radius 1 is 1.50 bits per heavy atom. The van der Waals surface area contributed by atoms with Gasteiger partial charge in [0.2, 0.25) is 5.91 Å². The number of methoxy groups -OCH3 is 1. The van der Waals surface area contributed by atoms with Gasteiger partial charge in [0.05, 0.1) is 7.11 Å². The summed E-state index contributed by atoms with van der Waals surface area (Å²) in [5, 5.41) is 0. The van der Waals surface area contributed by atoms with Crippen LogP contribution in [0.5, 0.6) is 0 Å². The van der Waals surface area contributed by atoms with Gasteiger partial charge in [0.1, 0.15) is 0 Å². The minimum atomic E-state index is -0.435. The highest BCUT2D eigenvalue weighted by Crippen LogP contribution is 1.78. The fraction of sp³-hybridized carbons (Fsp3) is 0.250. The Labute approximate surface area is 71.7 Å². The molecular formula is C8H13NO3. The third-order valence-electron chi connectivity index (χ3n) is 0.788. The third-order valence-corrected chi connectivity index (χ3v) is 0.788. The molecule has 0 saturated heterocycles. The molecule has 0 aliphatic heterocycles. The Morgan fingerprint density at radius 3 is 1.83 bits per heavy atom. The van der Waals surface area contributed by atoms with E-state index in [0.29, 0.717) is 5.57 Å². The lowest BCUT2D eigenvalue weighted by Crippen LogP contribution is -2.10. The number of amides is 1. The van der Waals surface area contributed by atoms with Gasteiger partial charge < -0.3 is 10.5 Å². The molecule has 0 atom stereocenters. The summed E-state index contributed by atoms with van der Waals surface area (Å²) in [5.74, 6) is -0.829. The summed E-state index contributed by atoms with van der Waals surface area (Å²) in [4.78, 5) is 19.7. The lowest BCUT2D eigenvalue weighted by atomic mass is 10.3. The van der Waals surface area contributed by atoms with Crippen LogP contribution < -0.4 is 5.73 Å². The van der Waals surface area contributed by atoms with Crippen LogP contribution in [0.4, 0.5) is 0 Å². The molecule has 12 heavy (non-hydrogen) atoms. The molecular weight excluding hydrogens is 158 g/mol. The summed E-state index contributed by atoms with van der Waals surface area (Å²) in [5.41, 5.74) is 5.09. The van der Waals surface area contributed by atoms with Crippen LogP contribution in [0.15, 0.2) is 24.8 Å². The van der Waals surface area contributed by atoms with E-state index in [0.717, 1.165) is 6.08 Å². The molecule has 0 heterocycles. The smallest absolute Gasteiger partial charge is 0.329 e. The number of rotatable bonds is 2. The second-order valence-electron chi connectivity index (χ2n) is 1.87. The number of nitrogens with two attached hydrogens (primary N) is 1. The van der Waals surface area contributed by atoms with Crippen molar-refractivity contribution in [1.82, 2.24) is 0 Å². The van der Waals surface area contributed by atoms with Gasteiger partial charge >= 0.3 is 5.97 Å². The van der Waals surface area contributed by atoms with Gasteiger partial charge in [-0.1, -0.05) is 13.2 Å². The Morgan fingerprint density at radius 2 is 1.83 bits per heavy atom. The van der Waals surface area contributed by atoms with Crippen LogP contribution in [0.1, 0.15) is 6.92 Å². The van der Waals surface area contributed by atoms with Crippen molar-refractivity contribution in [3.63, 3.8) is 0 Å². The molecule has 0 aromatic carbocycles. The first kappa shape index (κ1) is 13.0. The van der Waals surface area contributed by atoms with E-state index in [1.165, 1.54) is 7.11 Å². The molecule has 4 heteroatoms. The predicted molar refractivity (Wildman–Crippen MR) is 46.2 cm³/mol. The Kier molecular flexibility index (Phi) is 8.18. The highest BCUT2D eigenvalue weighted by Gasteiger charge is 1.86. The Hall–Kier alpha value is -1.58. The van der Waals surface area contributed by atoms with E-state index in [9.17, 15) is 9.59 Å². The second-order valence-corrected chi connectivity index (χ2v) is 1.87. The minimum Gasteiger partial charge on any atom is -0.466 e. The standard InChI is InChI=1S/C4H7NO.C4H6O2/c1-3(2)4(5)6;1-3-4(5)6-2/h1H2,2H3,(H2,5,6);3H,1H2,2H3. The first-order valence-electron chi connectivity index (χ1n) is 3.11. The summed E-state index contributed by atoms with van der Waals surface area (Å²) in [6.45, 7) is 8.01. The molecule has 2 N–H and O–H groups in total. The topological polar surface area (TPSA) is 69.4 Å². The van der Waals surface area contributed by atoms with Crippen molar-refractivity contribution in [2.24, 2.45) is 5.73 Å². The second kappa shape index (κ2) is 7.53. The molecule has 0 aromatic rings. The van der Waals surface area contributed by atoms with Crippen LogP contribution in [0.2, 0.25) is 0 Å². The van der Waals surface area contributed by atoms with Crippen molar-refractivity contribution in [2.75, 3.05) is 7.11 Å². The fourth-order valence-electron chi connectivity index (χ4n) is 0.0833. The maximum absolute atomic E-state index is 9.84. The third kappa shape index (κ3) is 11.2. The number of carbonyl (C=O) groups is 2. The summed E-state index contributed by atoms with van der Waals surface area (Å²) in [6, 6.07) is 0. The van der Waals surface area contributed by atoms with E-state index in [1.807, 2.05) is 0 Å². The molecule has 0 bridgehead atoms. The lowest BCUT2D eigenvalue weighted by Gasteiger charge is -1.83. The van der Waals surface area contributed by atoms with Crippen LogP contribution in [0, 0.1) is 0 Å². The van der Waals surface area contributed by atoms with E-state index in [2.05, 4.69) is 17.9 Å². The molecule has 0 unspecified atom stereocenters. The summed E-state index contributed by atoms with van der Waals surface area (Å²) < 4.78 is 4.14. The van der Waals surface area contributed by atoms with Gasteiger partial charge in [0, 0.05) is 11.6 Å². The van der Waals surface area contributed by atoms with Crippen molar-refractivity contribution < 1.29 is 14.3 Å². The van der Waals surface area contributed by atoms with Gasteiger partial charge in [0.15, 0.2) is 0 Å². The van der Waals surface area contributed by atoms with Crippen molar-refractivity contribution in [1.29, 1.82) is 0 Å². The lowest BCUT2D eigenvalue weighted by molar-refractivity contribution is -0.134. The van der Waals surface area contributed by atoms with E-state index < -0.39 is 11.9 Å². The highest BCUT2D eigenvalue weighted by atomic mass is 16.5. The number of hydrogen-bond acceptors (Lipinski definition) is 3. The van der Waals surface area contributed by atoms with Crippen LogP contribution in [0.3, 0.4) is 0 Å². The van der Waals surface area contributed by atoms with Crippen LogP contribution >= 0.6 is 0 Å². The van der Waals surface area contributed by atoms with Crippen molar-refractivity contribution in [3.8, 4) is 0 Å². The summed E-state index contributed by atoms with van der Waals surface area (Å²) in [7, 11) is 1.31. The molecule has 68 valence electrons. The van der Waals surface area contributed by atoms with Gasteiger partial charge in [-0.2, -0.15) is 0 Å². The first-order chi connectivity index (χ1) is 5.45. The fourth-order valence-corrected chi connectivity index (χ4v) is 0.0833. The predicted octanol–water partition coefficient (Wildman–Crippen LogP) is 0.393. The SMILES string of the molecule is C=C(C)C(N)=O.C=CC(=O)OC. The van der Waals surface area contributed by atoms with Gasteiger partial charge in [0.25, 0.3) is 0 Å². The van der Waals surface area contributed by atoms with Gasteiger partial charge in [-0.15, -0.1) is 0 Å². The number of esters is 1. The zero-order chi connectivity index (χ0) is 10.1. The van der Waals surface area contributed by atoms with Crippen molar-refractivity contribution in [3.05, 3.63) is 24.8 Å². The van der Waals surface area contributed by atoms with E-state index >= 15 is 0 Å². The van der Waals surface area contributed by atoms with E-state index in [-0.39, 0.29) is 0 Å². The molecule has 0 aliphatic rings. The minimum absolute atomic E-state index is 0.394. The molecule has 0 aromatic heterocycles. The molecule has 0 radical (unpaired) electrons. The average molecular weight is 171 g/mol. The van der Waals surface area contributed by atoms with Crippen molar-refractivity contribution >= 4 is 11.9 Å². The maximum atomic E-state index is 9.84. The van der Waals surface area contributed by atoms with Gasteiger partial charge in [-0.25, -0.2) is 4.79 Å². The highest BCUT2D eigenvalue weighted by molar-refractivity contribution is 5.90. The molecule has 0 spiro atoms. The first-order valence-corrected chi connectivity index (χ1v) is 3.11. The zero-order valence-corrected chi connectivity index (χ0v) is 7.29.